The first-order chi connectivity index (χ1) is 14.2. The van der Waals surface area contributed by atoms with Crippen molar-refractivity contribution in [2.24, 2.45) is 0 Å². The van der Waals surface area contributed by atoms with Gasteiger partial charge in [-0.25, -0.2) is 0 Å². The molecule has 1 aromatic carbocycles. The van der Waals surface area contributed by atoms with E-state index in [1.807, 2.05) is 6.07 Å². The van der Waals surface area contributed by atoms with Crippen molar-refractivity contribution in [3.63, 3.8) is 0 Å². The maximum atomic E-state index is 12.3. The molecule has 4 rings (SSSR count). The molecule has 2 amide bonds. The molecule has 1 unspecified atom stereocenters. The van der Waals surface area contributed by atoms with Crippen LogP contribution in [0.3, 0.4) is 0 Å². The highest BCUT2D eigenvalue weighted by Crippen LogP contribution is 2.17. The van der Waals surface area contributed by atoms with Gasteiger partial charge in [-0.2, -0.15) is 0 Å². The second-order valence-corrected chi connectivity index (χ2v) is 8.00. The second-order valence-electron chi connectivity index (χ2n) is 8.00. The number of aryl methyl sites for hydroxylation is 3. The van der Waals surface area contributed by atoms with Gasteiger partial charge in [-0.1, -0.05) is 30.3 Å². The fourth-order valence-electron chi connectivity index (χ4n) is 4.25. The van der Waals surface area contributed by atoms with Crippen molar-refractivity contribution in [1.82, 2.24) is 25.0 Å². The average molecular weight is 396 g/mol. The van der Waals surface area contributed by atoms with Gasteiger partial charge in [0.15, 0.2) is 0 Å². The maximum Gasteiger partial charge on any atom is 0.222 e. The summed E-state index contributed by atoms with van der Waals surface area (Å²) < 4.78 is 2.23. The Morgan fingerprint density at radius 1 is 1.07 bits per heavy atom. The molecule has 1 fully saturated rings. The molecule has 1 aromatic heterocycles. The number of nitrogens with one attached hydrogen (secondary N) is 1. The zero-order valence-corrected chi connectivity index (χ0v) is 16.8. The van der Waals surface area contributed by atoms with E-state index in [9.17, 15) is 9.59 Å². The molecular formula is C22H29N5O2. The molecule has 2 aliphatic heterocycles. The molecule has 1 N–H and O–H groups in total. The van der Waals surface area contributed by atoms with Crippen molar-refractivity contribution in [3.8, 4) is 0 Å². The largest absolute Gasteiger partial charge is 0.353 e. The van der Waals surface area contributed by atoms with E-state index in [4.69, 9.17) is 0 Å². The number of benzene rings is 1. The Hall–Kier alpha value is -2.70. The summed E-state index contributed by atoms with van der Waals surface area (Å²) in [7, 11) is 0. The van der Waals surface area contributed by atoms with Crippen LogP contribution in [-0.4, -0.2) is 50.6 Å². The van der Waals surface area contributed by atoms with Gasteiger partial charge in [0.1, 0.15) is 11.6 Å². The molecule has 0 saturated carbocycles. The van der Waals surface area contributed by atoms with Crippen LogP contribution < -0.4 is 5.32 Å². The number of aromatic nitrogens is 3. The Balaban J connectivity index is 1.26. The van der Waals surface area contributed by atoms with E-state index in [1.165, 1.54) is 5.56 Å². The lowest BCUT2D eigenvalue weighted by Gasteiger charge is -2.18. The molecular weight excluding hydrogens is 366 g/mol. The zero-order valence-electron chi connectivity index (χ0n) is 16.8. The molecule has 2 aromatic rings. The van der Waals surface area contributed by atoms with Crippen LogP contribution in [0.2, 0.25) is 0 Å². The fraction of sp³-hybridized carbons (Fsp3) is 0.545. The Labute approximate surface area is 171 Å². The number of fused-ring (bicyclic) bond motifs is 1. The minimum atomic E-state index is 0.0386. The van der Waals surface area contributed by atoms with E-state index in [0.717, 1.165) is 63.3 Å². The smallest absolute Gasteiger partial charge is 0.222 e. The molecule has 1 saturated heterocycles. The van der Waals surface area contributed by atoms with Gasteiger partial charge >= 0.3 is 0 Å². The van der Waals surface area contributed by atoms with Crippen LogP contribution >= 0.6 is 0 Å². The monoisotopic (exact) mass is 395 g/mol. The van der Waals surface area contributed by atoms with Crippen molar-refractivity contribution in [2.45, 2.75) is 64.0 Å². The lowest BCUT2D eigenvalue weighted by atomic mass is 10.1. The van der Waals surface area contributed by atoms with E-state index in [-0.39, 0.29) is 17.9 Å². The van der Waals surface area contributed by atoms with E-state index < -0.39 is 0 Å². The van der Waals surface area contributed by atoms with Crippen molar-refractivity contribution < 1.29 is 9.59 Å². The highest BCUT2D eigenvalue weighted by molar-refractivity contribution is 5.80. The quantitative estimate of drug-likeness (QED) is 0.776. The summed E-state index contributed by atoms with van der Waals surface area (Å²) in [5.41, 5.74) is 1.31. The number of likely N-dealkylation sites (tertiary alicyclic amines) is 1. The average Bonchev–Trinajstić information content (AvgIpc) is 3.27. The highest BCUT2D eigenvalue weighted by atomic mass is 16.2. The highest BCUT2D eigenvalue weighted by Gasteiger charge is 2.23. The van der Waals surface area contributed by atoms with Crippen LogP contribution in [0.15, 0.2) is 30.3 Å². The first-order valence-electron chi connectivity index (χ1n) is 10.7. The van der Waals surface area contributed by atoms with E-state index in [1.54, 1.807) is 4.90 Å². The summed E-state index contributed by atoms with van der Waals surface area (Å²) in [6, 6.07) is 10.6. The predicted octanol–water partition coefficient (Wildman–Crippen LogP) is 1.90. The minimum absolute atomic E-state index is 0.0386. The lowest BCUT2D eigenvalue weighted by Crippen LogP contribution is -2.37. The summed E-state index contributed by atoms with van der Waals surface area (Å²) in [5, 5.41) is 12.0. The van der Waals surface area contributed by atoms with Gasteiger partial charge in [-0.15, -0.1) is 10.2 Å². The molecule has 1 atom stereocenters. The van der Waals surface area contributed by atoms with Gasteiger partial charge < -0.3 is 14.8 Å². The van der Waals surface area contributed by atoms with Gasteiger partial charge in [0, 0.05) is 51.4 Å². The molecule has 7 nitrogen and oxygen atoms in total. The molecule has 2 aliphatic rings. The van der Waals surface area contributed by atoms with Crippen molar-refractivity contribution in [3.05, 3.63) is 47.5 Å². The number of hydrogen-bond acceptors (Lipinski definition) is 4. The summed E-state index contributed by atoms with van der Waals surface area (Å²) in [6.45, 7) is 2.16. The topological polar surface area (TPSA) is 80.1 Å². The van der Waals surface area contributed by atoms with E-state index in [2.05, 4.69) is 44.3 Å². The molecule has 0 bridgehead atoms. The van der Waals surface area contributed by atoms with Crippen LogP contribution in [0.1, 0.15) is 49.3 Å². The van der Waals surface area contributed by atoms with Crippen LogP contribution in [0.4, 0.5) is 0 Å². The normalized spacial score (nSPS) is 19.1. The summed E-state index contributed by atoms with van der Waals surface area (Å²) in [4.78, 5) is 25.8. The summed E-state index contributed by atoms with van der Waals surface area (Å²) >= 11 is 0. The van der Waals surface area contributed by atoms with Gasteiger partial charge in [0.2, 0.25) is 11.8 Å². The lowest BCUT2D eigenvalue weighted by molar-refractivity contribution is -0.128. The van der Waals surface area contributed by atoms with Crippen LogP contribution in [-0.2, 0) is 35.4 Å². The molecule has 154 valence electrons. The third kappa shape index (κ3) is 5.02. The van der Waals surface area contributed by atoms with Crippen LogP contribution in [0, 0.1) is 0 Å². The fourth-order valence-corrected chi connectivity index (χ4v) is 4.25. The second kappa shape index (κ2) is 9.20. The van der Waals surface area contributed by atoms with Gasteiger partial charge in [-0.05, 0) is 31.2 Å². The maximum absolute atomic E-state index is 12.3. The molecule has 7 heteroatoms. The van der Waals surface area contributed by atoms with Gasteiger partial charge in [0.25, 0.3) is 0 Å². The zero-order chi connectivity index (χ0) is 20.1. The Kier molecular flexibility index (Phi) is 6.22. The molecule has 0 radical (unpaired) electrons. The Bertz CT molecular complexity index is 848. The number of carbonyl (C=O) groups excluding carboxylic acids is 2. The standard InChI is InChI=1S/C22H29N5O2/c28-21(13-15-26-14-4-7-22(26)29)23-18-9-11-20-25-24-19(27(20)16-12-18)10-8-17-5-2-1-3-6-17/h1-3,5-6,18H,4,7-16H2,(H,23,28). The van der Waals surface area contributed by atoms with Crippen LogP contribution in [0.25, 0.3) is 0 Å². The van der Waals surface area contributed by atoms with Crippen molar-refractivity contribution >= 4 is 11.8 Å². The Morgan fingerprint density at radius 3 is 2.72 bits per heavy atom. The Morgan fingerprint density at radius 2 is 1.93 bits per heavy atom. The minimum Gasteiger partial charge on any atom is -0.353 e. The first kappa shape index (κ1) is 19.6. The van der Waals surface area contributed by atoms with Gasteiger partial charge in [-0.3, -0.25) is 9.59 Å². The molecule has 0 aliphatic carbocycles. The SMILES string of the molecule is O=C(CCN1CCCC1=O)NC1CCc2nnc(CCc3ccccc3)n2CC1. The van der Waals surface area contributed by atoms with Gasteiger partial charge in [0.05, 0.1) is 0 Å². The summed E-state index contributed by atoms with van der Waals surface area (Å²) in [5.74, 6) is 2.26. The number of carbonyl (C=O) groups is 2. The van der Waals surface area contributed by atoms with E-state index in [0.29, 0.717) is 19.4 Å². The van der Waals surface area contributed by atoms with Crippen LogP contribution in [0.5, 0.6) is 0 Å². The van der Waals surface area contributed by atoms with Crippen molar-refractivity contribution in [2.75, 3.05) is 13.1 Å². The van der Waals surface area contributed by atoms with E-state index >= 15 is 0 Å². The number of hydrogen-bond donors (Lipinski definition) is 1. The summed E-state index contributed by atoms with van der Waals surface area (Å²) in [6.07, 6.45) is 6.34. The number of rotatable bonds is 7. The third-order valence-corrected chi connectivity index (χ3v) is 5.95. The van der Waals surface area contributed by atoms with Crippen molar-refractivity contribution in [1.29, 1.82) is 0 Å². The number of amides is 2. The molecule has 3 heterocycles. The predicted molar refractivity (Wildman–Crippen MR) is 109 cm³/mol. The molecule has 0 spiro atoms. The third-order valence-electron chi connectivity index (χ3n) is 5.95. The number of nitrogens with zero attached hydrogens (tertiary/aromatic N) is 4. The first-order valence-corrected chi connectivity index (χ1v) is 10.7. The molecule has 29 heavy (non-hydrogen) atoms.